The lowest BCUT2D eigenvalue weighted by molar-refractivity contribution is 0.669. The summed E-state index contributed by atoms with van der Waals surface area (Å²) < 4.78 is 8.63. The van der Waals surface area contributed by atoms with E-state index >= 15 is 0 Å². The second-order valence-electron chi connectivity index (χ2n) is 8.59. The lowest BCUT2D eigenvalue weighted by Gasteiger charge is -2.10. The van der Waals surface area contributed by atoms with Crippen molar-refractivity contribution in [1.82, 2.24) is 9.55 Å². The zero-order valence-corrected chi connectivity index (χ0v) is 18.1. The molecule has 3 aromatic heterocycles. The van der Waals surface area contributed by atoms with Crippen LogP contribution in [-0.2, 0) is 0 Å². The molecule has 3 heterocycles. The zero-order valence-electron chi connectivity index (χ0n) is 18.1. The molecule has 156 valence electrons. The topological polar surface area (TPSA) is 31.0 Å². The largest absolute Gasteiger partial charge is 0.456 e. The van der Waals surface area contributed by atoms with E-state index in [0.717, 1.165) is 44.4 Å². The third-order valence-corrected chi connectivity index (χ3v) is 6.49. The van der Waals surface area contributed by atoms with Gasteiger partial charge in [0.2, 0.25) is 0 Å². The van der Waals surface area contributed by atoms with Crippen molar-refractivity contribution in [3.63, 3.8) is 0 Å². The van der Waals surface area contributed by atoms with E-state index in [-0.39, 0.29) is 0 Å². The van der Waals surface area contributed by atoms with Crippen LogP contribution in [0.25, 0.3) is 60.7 Å². The number of pyridine rings is 1. The third-order valence-electron chi connectivity index (χ3n) is 6.49. The van der Waals surface area contributed by atoms with Gasteiger partial charge in [0.15, 0.2) is 0 Å². The average Bonchev–Trinajstić information content (AvgIpc) is 3.37. The van der Waals surface area contributed by atoms with Crippen LogP contribution in [0.3, 0.4) is 0 Å². The van der Waals surface area contributed by atoms with Gasteiger partial charge in [-0.1, -0.05) is 48.5 Å². The van der Waals surface area contributed by atoms with Crippen molar-refractivity contribution in [1.29, 1.82) is 0 Å². The van der Waals surface area contributed by atoms with Gasteiger partial charge in [-0.05, 0) is 55.0 Å². The molecule has 4 aromatic carbocycles. The van der Waals surface area contributed by atoms with Gasteiger partial charge in [0.05, 0.1) is 16.7 Å². The molecule has 3 nitrogen and oxygen atoms in total. The van der Waals surface area contributed by atoms with Crippen LogP contribution in [0, 0.1) is 6.92 Å². The van der Waals surface area contributed by atoms with E-state index in [1.165, 1.54) is 21.9 Å². The molecule has 0 aliphatic carbocycles. The van der Waals surface area contributed by atoms with E-state index in [0.29, 0.717) is 0 Å². The molecule has 0 spiro atoms. The van der Waals surface area contributed by atoms with Crippen LogP contribution in [0.5, 0.6) is 0 Å². The highest BCUT2D eigenvalue weighted by molar-refractivity contribution is 6.17. The number of hydrogen-bond donors (Lipinski definition) is 0. The maximum atomic E-state index is 6.30. The summed E-state index contributed by atoms with van der Waals surface area (Å²) in [5, 5.41) is 4.78. The van der Waals surface area contributed by atoms with Crippen molar-refractivity contribution >= 4 is 43.7 Å². The first-order valence-corrected chi connectivity index (χ1v) is 11.1. The van der Waals surface area contributed by atoms with Crippen LogP contribution >= 0.6 is 0 Å². The van der Waals surface area contributed by atoms with Gasteiger partial charge in [0.1, 0.15) is 11.2 Å². The standard InChI is InChI=1S/C30H20N2O/c1-19-12-13-23-25-17-24-22-9-2-3-11-27(22)32(28(24)18-30(25)33-29(23)15-19)21-8-6-7-20(16-21)26-10-4-5-14-31-26/h2-18H,1H3. The van der Waals surface area contributed by atoms with E-state index in [1.54, 1.807) is 0 Å². The fourth-order valence-electron chi connectivity index (χ4n) is 4.96. The molecule has 0 atom stereocenters. The Hall–Kier alpha value is -4.37. The monoisotopic (exact) mass is 424 g/mol. The van der Waals surface area contributed by atoms with E-state index in [1.807, 2.05) is 24.4 Å². The summed E-state index contributed by atoms with van der Waals surface area (Å²) in [5.41, 5.74) is 8.53. The molecule has 0 radical (unpaired) electrons. The summed E-state index contributed by atoms with van der Waals surface area (Å²) in [6.45, 7) is 2.10. The lowest BCUT2D eigenvalue weighted by Crippen LogP contribution is -1.94. The summed E-state index contributed by atoms with van der Waals surface area (Å²) in [7, 11) is 0. The molecular formula is C30H20N2O. The van der Waals surface area contributed by atoms with Crippen molar-refractivity contribution in [2.75, 3.05) is 0 Å². The number of furan rings is 1. The van der Waals surface area contributed by atoms with Gasteiger partial charge in [-0.25, -0.2) is 0 Å². The molecule has 0 saturated carbocycles. The number of hydrogen-bond acceptors (Lipinski definition) is 2. The number of para-hydroxylation sites is 1. The smallest absolute Gasteiger partial charge is 0.137 e. The molecule has 7 rings (SSSR count). The first-order chi connectivity index (χ1) is 16.3. The SMILES string of the molecule is Cc1ccc2c(c1)oc1cc3c(cc12)c1ccccc1n3-c1cccc(-c2ccccn2)c1. The first kappa shape index (κ1) is 18.2. The van der Waals surface area contributed by atoms with Gasteiger partial charge in [-0.2, -0.15) is 0 Å². The molecule has 3 heteroatoms. The van der Waals surface area contributed by atoms with E-state index in [2.05, 4.69) is 95.3 Å². The van der Waals surface area contributed by atoms with Crippen molar-refractivity contribution < 1.29 is 4.42 Å². The zero-order chi connectivity index (χ0) is 21.9. The van der Waals surface area contributed by atoms with Crippen LogP contribution in [-0.4, -0.2) is 9.55 Å². The van der Waals surface area contributed by atoms with Crippen molar-refractivity contribution in [2.24, 2.45) is 0 Å². The van der Waals surface area contributed by atoms with Crippen LogP contribution in [0.15, 0.2) is 108 Å². The second kappa shape index (κ2) is 6.81. The maximum absolute atomic E-state index is 6.30. The minimum Gasteiger partial charge on any atom is -0.456 e. The van der Waals surface area contributed by atoms with Crippen LogP contribution in [0.4, 0.5) is 0 Å². The second-order valence-corrected chi connectivity index (χ2v) is 8.59. The van der Waals surface area contributed by atoms with Crippen molar-refractivity contribution in [3.05, 3.63) is 109 Å². The van der Waals surface area contributed by atoms with Gasteiger partial charge in [-0.3, -0.25) is 4.98 Å². The molecule has 0 aliphatic rings. The molecule has 0 aliphatic heterocycles. The third kappa shape index (κ3) is 2.72. The summed E-state index contributed by atoms with van der Waals surface area (Å²) >= 11 is 0. The molecular weight excluding hydrogens is 404 g/mol. The van der Waals surface area contributed by atoms with Gasteiger partial charge < -0.3 is 8.98 Å². The van der Waals surface area contributed by atoms with Gasteiger partial charge in [-0.15, -0.1) is 0 Å². The highest BCUT2D eigenvalue weighted by Gasteiger charge is 2.16. The van der Waals surface area contributed by atoms with Gasteiger partial charge >= 0.3 is 0 Å². The average molecular weight is 425 g/mol. The maximum Gasteiger partial charge on any atom is 0.137 e. The van der Waals surface area contributed by atoms with Gasteiger partial charge in [0, 0.05) is 45.1 Å². The summed E-state index contributed by atoms with van der Waals surface area (Å²) in [6.07, 6.45) is 1.84. The van der Waals surface area contributed by atoms with Crippen molar-refractivity contribution in [2.45, 2.75) is 6.92 Å². The molecule has 0 saturated heterocycles. The number of nitrogens with zero attached hydrogens (tertiary/aromatic N) is 2. The van der Waals surface area contributed by atoms with Crippen molar-refractivity contribution in [3.8, 4) is 16.9 Å². The predicted octanol–water partition coefficient (Wildman–Crippen LogP) is 8.05. The normalized spacial score (nSPS) is 11.8. The molecule has 0 fully saturated rings. The molecule has 0 bridgehead atoms. The van der Waals surface area contributed by atoms with Crippen LogP contribution in [0.2, 0.25) is 0 Å². The van der Waals surface area contributed by atoms with Crippen LogP contribution in [0.1, 0.15) is 5.56 Å². The fraction of sp³-hybridized carbons (Fsp3) is 0.0333. The Kier molecular flexibility index (Phi) is 3.76. The van der Waals surface area contributed by atoms with E-state index in [4.69, 9.17) is 4.42 Å². The Labute approximate surface area is 190 Å². The highest BCUT2D eigenvalue weighted by atomic mass is 16.3. The first-order valence-electron chi connectivity index (χ1n) is 11.1. The number of rotatable bonds is 2. The summed E-state index contributed by atoms with van der Waals surface area (Å²) in [6, 6.07) is 34.1. The quantitative estimate of drug-likeness (QED) is 0.281. The Bertz CT molecular complexity index is 1820. The highest BCUT2D eigenvalue weighted by Crippen LogP contribution is 2.38. The molecule has 0 N–H and O–H groups in total. The summed E-state index contributed by atoms with van der Waals surface area (Å²) in [4.78, 5) is 4.54. The Morgan fingerprint density at radius 2 is 1.52 bits per heavy atom. The van der Waals surface area contributed by atoms with Crippen LogP contribution < -0.4 is 0 Å². The fourth-order valence-corrected chi connectivity index (χ4v) is 4.96. The summed E-state index contributed by atoms with van der Waals surface area (Å²) in [5.74, 6) is 0. The molecule has 0 unspecified atom stereocenters. The Balaban J connectivity index is 1.56. The minimum atomic E-state index is 0.910. The Morgan fingerprint density at radius 3 is 2.42 bits per heavy atom. The Morgan fingerprint density at radius 1 is 0.636 bits per heavy atom. The molecule has 7 aromatic rings. The number of aromatic nitrogens is 2. The number of fused-ring (bicyclic) bond motifs is 6. The number of aryl methyl sites for hydroxylation is 1. The minimum absolute atomic E-state index is 0.910. The predicted molar refractivity (Wildman–Crippen MR) is 136 cm³/mol. The van der Waals surface area contributed by atoms with E-state index in [9.17, 15) is 0 Å². The lowest BCUT2D eigenvalue weighted by atomic mass is 10.1. The van der Waals surface area contributed by atoms with Gasteiger partial charge in [0.25, 0.3) is 0 Å². The molecule has 0 amide bonds. The van der Waals surface area contributed by atoms with E-state index < -0.39 is 0 Å². The number of benzene rings is 4. The molecule has 33 heavy (non-hydrogen) atoms.